The predicted octanol–water partition coefficient (Wildman–Crippen LogP) is 2.38. The van der Waals surface area contributed by atoms with E-state index in [1.165, 1.54) is 11.1 Å². The van der Waals surface area contributed by atoms with Crippen LogP contribution in [0.15, 0.2) is 24.3 Å². The minimum Gasteiger partial charge on any atom is -0.376 e. The number of nitrogens with zero attached hydrogens (tertiary/aromatic N) is 1. The van der Waals surface area contributed by atoms with Crippen LogP contribution >= 0.6 is 0 Å². The Morgan fingerprint density at radius 1 is 1.38 bits per heavy atom. The summed E-state index contributed by atoms with van der Waals surface area (Å²) in [6.07, 6.45) is 2.25. The summed E-state index contributed by atoms with van der Waals surface area (Å²) in [5, 5.41) is 3.44. The van der Waals surface area contributed by atoms with Crippen molar-refractivity contribution in [1.29, 1.82) is 0 Å². The Hall–Kier alpha value is -1.39. The molecule has 2 saturated heterocycles. The molecule has 0 aromatic heterocycles. The minimum absolute atomic E-state index is 0.0482. The summed E-state index contributed by atoms with van der Waals surface area (Å²) in [5.41, 5.74) is 2.39. The molecule has 1 aromatic rings. The lowest BCUT2D eigenvalue weighted by Crippen LogP contribution is -2.45. The molecule has 4 nitrogen and oxygen atoms in total. The molecule has 2 heterocycles. The van der Waals surface area contributed by atoms with Crippen molar-refractivity contribution in [3.8, 4) is 0 Å². The Kier molecular flexibility index (Phi) is 4.00. The second-order valence-electron chi connectivity index (χ2n) is 6.19. The molecule has 2 aliphatic rings. The van der Waals surface area contributed by atoms with E-state index in [-0.39, 0.29) is 30.3 Å². The first-order valence-corrected chi connectivity index (χ1v) is 7.85. The SMILES string of the molecule is Cc1ccccc1C1NC(C)C(=O)N1C(C)C1CCCO1. The number of hydrogen-bond acceptors (Lipinski definition) is 3. The van der Waals surface area contributed by atoms with Gasteiger partial charge in [0.15, 0.2) is 0 Å². The monoisotopic (exact) mass is 288 g/mol. The third-order valence-electron chi connectivity index (χ3n) is 4.74. The maximum Gasteiger partial charge on any atom is 0.241 e. The van der Waals surface area contributed by atoms with E-state index >= 15 is 0 Å². The van der Waals surface area contributed by atoms with Gasteiger partial charge in [-0.05, 0) is 44.7 Å². The van der Waals surface area contributed by atoms with Crippen molar-refractivity contribution >= 4 is 5.91 Å². The van der Waals surface area contributed by atoms with Gasteiger partial charge in [-0.3, -0.25) is 10.1 Å². The zero-order valence-electron chi connectivity index (χ0n) is 13.0. The van der Waals surface area contributed by atoms with Crippen molar-refractivity contribution < 1.29 is 9.53 Å². The van der Waals surface area contributed by atoms with Crippen LogP contribution in [-0.2, 0) is 9.53 Å². The number of benzene rings is 1. The van der Waals surface area contributed by atoms with Crippen LogP contribution in [-0.4, -0.2) is 35.6 Å². The van der Waals surface area contributed by atoms with Crippen LogP contribution in [0.2, 0.25) is 0 Å². The molecule has 4 atom stereocenters. The van der Waals surface area contributed by atoms with E-state index in [1.807, 2.05) is 24.0 Å². The highest BCUT2D eigenvalue weighted by Crippen LogP contribution is 2.32. The lowest BCUT2D eigenvalue weighted by atomic mass is 10.0. The molecular weight excluding hydrogens is 264 g/mol. The molecule has 0 spiro atoms. The fourth-order valence-corrected chi connectivity index (χ4v) is 3.47. The van der Waals surface area contributed by atoms with Gasteiger partial charge in [-0.25, -0.2) is 0 Å². The summed E-state index contributed by atoms with van der Waals surface area (Å²) in [6.45, 7) is 6.96. The summed E-state index contributed by atoms with van der Waals surface area (Å²) in [5.74, 6) is 0.172. The second kappa shape index (κ2) is 5.78. The summed E-state index contributed by atoms with van der Waals surface area (Å²) < 4.78 is 5.80. The maximum absolute atomic E-state index is 12.6. The number of rotatable bonds is 3. The van der Waals surface area contributed by atoms with E-state index in [0.29, 0.717) is 0 Å². The van der Waals surface area contributed by atoms with Crippen LogP contribution < -0.4 is 5.32 Å². The van der Waals surface area contributed by atoms with Gasteiger partial charge >= 0.3 is 0 Å². The van der Waals surface area contributed by atoms with E-state index in [0.717, 1.165) is 19.4 Å². The van der Waals surface area contributed by atoms with Gasteiger partial charge in [-0.1, -0.05) is 24.3 Å². The van der Waals surface area contributed by atoms with E-state index in [2.05, 4.69) is 31.3 Å². The van der Waals surface area contributed by atoms with Gasteiger partial charge in [0.25, 0.3) is 0 Å². The van der Waals surface area contributed by atoms with Gasteiger partial charge in [0.05, 0.1) is 18.2 Å². The Labute approximate surface area is 126 Å². The van der Waals surface area contributed by atoms with E-state index in [9.17, 15) is 4.79 Å². The van der Waals surface area contributed by atoms with E-state index in [1.54, 1.807) is 0 Å². The summed E-state index contributed by atoms with van der Waals surface area (Å²) >= 11 is 0. The number of nitrogens with one attached hydrogen (secondary N) is 1. The van der Waals surface area contributed by atoms with Gasteiger partial charge in [-0.15, -0.1) is 0 Å². The van der Waals surface area contributed by atoms with Gasteiger partial charge in [0.1, 0.15) is 6.17 Å². The first-order valence-electron chi connectivity index (χ1n) is 7.85. The van der Waals surface area contributed by atoms with Crippen molar-refractivity contribution in [3.63, 3.8) is 0 Å². The molecule has 1 N–H and O–H groups in total. The molecule has 21 heavy (non-hydrogen) atoms. The maximum atomic E-state index is 12.6. The van der Waals surface area contributed by atoms with Crippen LogP contribution in [0.25, 0.3) is 0 Å². The fourth-order valence-electron chi connectivity index (χ4n) is 3.47. The highest BCUT2D eigenvalue weighted by Gasteiger charge is 2.43. The number of amides is 1. The number of ether oxygens (including phenoxy) is 1. The lowest BCUT2D eigenvalue weighted by Gasteiger charge is -2.34. The van der Waals surface area contributed by atoms with Crippen LogP contribution in [0.5, 0.6) is 0 Å². The van der Waals surface area contributed by atoms with Gasteiger partial charge in [0, 0.05) is 6.61 Å². The fraction of sp³-hybridized carbons (Fsp3) is 0.588. The average molecular weight is 288 g/mol. The molecule has 4 unspecified atom stereocenters. The third kappa shape index (κ3) is 2.58. The van der Waals surface area contributed by atoms with Crippen molar-refractivity contribution in [2.75, 3.05) is 6.61 Å². The highest BCUT2D eigenvalue weighted by atomic mass is 16.5. The molecule has 0 radical (unpaired) electrons. The zero-order valence-corrected chi connectivity index (χ0v) is 13.0. The van der Waals surface area contributed by atoms with Crippen molar-refractivity contribution in [3.05, 3.63) is 35.4 Å². The Bertz CT molecular complexity index is 525. The van der Waals surface area contributed by atoms with Crippen molar-refractivity contribution in [2.24, 2.45) is 0 Å². The van der Waals surface area contributed by atoms with E-state index in [4.69, 9.17) is 4.74 Å². The predicted molar refractivity (Wildman–Crippen MR) is 81.8 cm³/mol. The summed E-state index contributed by atoms with van der Waals surface area (Å²) in [7, 11) is 0. The molecule has 3 rings (SSSR count). The molecule has 0 bridgehead atoms. The van der Waals surface area contributed by atoms with Crippen molar-refractivity contribution in [1.82, 2.24) is 10.2 Å². The first-order chi connectivity index (χ1) is 10.1. The highest BCUT2D eigenvalue weighted by molar-refractivity contribution is 5.84. The smallest absolute Gasteiger partial charge is 0.241 e. The molecule has 1 aromatic carbocycles. The van der Waals surface area contributed by atoms with Gasteiger partial charge < -0.3 is 9.64 Å². The molecule has 4 heteroatoms. The number of aryl methyl sites for hydroxylation is 1. The normalized spacial score (nSPS) is 30.9. The Morgan fingerprint density at radius 3 is 2.81 bits per heavy atom. The van der Waals surface area contributed by atoms with Gasteiger partial charge in [0.2, 0.25) is 5.91 Å². The molecule has 2 aliphatic heterocycles. The zero-order chi connectivity index (χ0) is 15.0. The number of carbonyl (C=O) groups is 1. The molecule has 1 amide bonds. The molecular formula is C17H24N2O2. The molecule has 0 saturated carbocycles. The molecule has 2 fully saturated rings. The number of carbonyl (C=O) groups excluding carboxylic acids is 1. The van der Waals surface area contributed by atoms with Crippen LogP contribution in [0.3, 0.4) is 0 Å². The lowest BCUT2D eigenvalue weighted by molar-refractivity contribution is -0.134. The van der Waals surface area contributed by atoms with Crippen LogP contribution in [0.1, 0.15) is 44.0 Å². The quantitative estimate of drug-likeness (QED) is 0.928. The Balaban J connectivity index is 1.91. The topological polar surface area (TPSA) is 41.6 Å². The van der Waals surface area contributed by atoms with Crippen LogP contribution in [0.4, 0.5) is 0 Å². The molecule has 0 aliphatic carbocycles. The van der Waals surface area contributed by atoms with Crippen LogP contribution in [0, 0.1) is 6.92 Å². The van der Waals surface area contributed by atoms with E-state index < -0.39 is 0 Å². The third-order valence-corrected chi connectivity index (χ3v) is 4.74. The number of hydrogen-bond donors (Lipinski definition) is 1. The first kappa shape index (κ1) is 14.5. The standard InChI is InChI=1S/C17H24N2O2/c1-11-7-4-5-8-14(11)16-18-12(2)17(20)19(16)13(3)15-9-6-10-21-15/h4-5,7-8,12-13,15-16,18H,6,9-10H2,1-3H3. The van der Waals surface area contributed by atoms with Crippen molar-refractivity contribution in [2.45, 2.75) is 58.0 Å². The Morgan fingerprint density at radius 2 is 2.14 bits per heavy atom. The largest absolute Gasteiger partial charge is 0.376 e. The summed E-state index contributed by atoms with van der Waals surface area (Å²) in [6, 6.07) is 8.23. The minimum atomic E-state index is -0.140. The second-order valence-corrected chi connectivity index (χ2v) is 6.19. The summed E-state index contributed by atoms with van der Waals surface area (Å²) in [4.78, 5) is 14.6. The van der Waals surface area contributed by atoms with Gasteiger partial charge in [-0.2, -0.15) is 0 Å². The average Bonchev–Trinajstić information content (AvgIpc) is 3.09. The molecule has 114 valence electrons.